The molecule has 0 aromatic heterocycles. The molecule has 1 aliphatic heterocycles. The lowest BCUT2D eigenvalue weighted by molar-refractivity contribution is -0.135. The predicted octanol–water partition coefficient (Wildman–Crippen LogP) is 2.75. The van der Waals surface area contributed by atoms with Gasteiger partial charge in [0.15, 0.2) is 0 Å². The average Bonchev–Trinajstić information content (AvgIpc) is 2.28. The Kier molecular flexibility index (Phi) is 5.08. The van der Waals surface area contributed by atoms with Gasteiger partial charge >= 0.3 is 0 Å². The number of amides is 2. The van der Waals surface area contributed by atoms with Crippen LogP contribution in [-0.4, -0.2) is 11.8 Å². The van der Waals surface area contributed by atoms with E-state index >= 15 is 0 Å². The molecule has 0 aromatic carbocycles. The third-order valence-electron chi connectivity index (χ3n) is 3.18. The average molecular weight is 247 g/mol. The van der Waals surface area contributed by atoms with Crippen LogP contribution in [-0.2, 0) is 9.59 Å². The maximum atomic E-state index is 11.7. The van der Waals surface area contributed by atoms with Crippen LogP contribution in [0, 0.1) is 11.8 Å². The molecule has 0 bridgehead atoms. The quantitative estimate of drug-likeness (QED) is 0.613. The van der Waals surface area contributed by atoms with Gasteiger partial charge in [-0.1, -0.05) is 38.7 Å². The number of carbonyl (C=O) groups is 2. The van der Waals surface area contributed by atoms with E-state index in [1.165, 1.54) is 5.57 Å². The van der Waals surface area contributed by atoms with E-state index in [-0.39, 0.29) is 17.7 Å². The van der Waals surface area contributed by atoms with Gasteiger partial charge in [-0.3, -0.25) is 14.9 Å². The van der Waals surface area contributed by atoms with Gasteiger partial charge in [0.2, 0.25) is 11.8 Å². The summed E-state index contributed by atoms with van der Waals surface area (Å²) in [5.41, 5.74) is 1.98. The highest BCUT2D eigenvalue weighted by Crippen LogP contribution is 2.22. The Morgan fingerprint density at radius 3 is 2.56 bits per heavy atom. The number of allylic oxidation sites excluding steroid dienone is 4. The van der Waals surface area contributed by atoms with Crippen molar-refractivity contribution in [1.29, 1.82) is 0 Å². The zero-order chi connectivity index (χ0) is 13.7. The molecule has 1 rings (SSSR count). The van der Waals surface area contributed by atoms with Crippen molar-refractivity contribution in [3.63, 3.8) is 0 Å². The van der Waals surface area contributed by atoms with E-state index < -0.39 is 0 Å². The first kappa shape index (κ1) is 14.4. The van der Waals surface area contributed by atoms with Gasteiger partial charge < -0.3 is 0 Å². The molecule has 2 amide bonds. The third kappa shape index (κ3) is 3.69. The van der Waals surface area contributed by atoms with E-state index in [0.717, 1.165) is 5.57 Å². The minimum absolute atomic E-state index is 0.190. The van der Waals surface area contributed by atoms with Crippen molar-refractivity contribution >= 4 is 11.8 Å². The SMILES string of the molecule is C=C(/C=C\C(=C/C)C(C)C)C1CCC(=O)NC1=O. The Hall–Kier alpha value is -1.64. The summed E-state index contributed by atoms with van der Waals surface area (Å²) in [7, 11) is 0. The number of hydrogen-bond acceptors (Lipinski definition) is 2. The fraction of sp³-hybridized carbons (Fsp3) is 0.467. The Labute approximate surface area is 109 Å². The van der Waals surface area contributed by atoms with Crippen LogP contribution >= 0.6 is 0 Å². The van der Waals surface area contributed by atoms with Gasteiger partial charge in [-0.05, 0) is 30.4 Å². The van der Waals surface area contributed by atoms with Crippen LogP contribution < -0.4 is 5.32 Å². The van der Waals surface area contributed by atoms with E-state index in [1.807, 2.05) is 19.1 Å². The van der Waals surface area contributed by atoms with Crippen LogP contribution in [0.25, 0.3) is 0 Å². The number of rotatable bonds is 4. The summed E-state index contributed by atoms with van der Waals surface area (Å²) in [5.74, 6) is -0.248. The molecular weight excluding hydrogens is 226 g/mol. The zero-order valence-electron chi connectivity index (χ0n) is 11.3. The van der Waals surface area contributed by atoms with E-state index in [9.17, 15) is 9.59 Å². The second-order valence-corrected chi connectivity index (χ2v) is 4.86. The Morgan fingerprint density at radius 2 is 2.06 bits per heavy atom. The first-order valence-corrected chi connectivity index (χ1v) is 6.32. The van der Waals surface area contributed by atoms with E-state index in [2.05, 4.69) is 31.8 Å². The van der Waals surface area contributed by atoms with E-state index in [4.69, 9.17) is 0 Å². The molecule has 1 saturated heterocycles. The molecule has 1 fully saturated rings. The van der Waals surface area contributed by atoms with Gasteiger partial charge in [0.1, 0.15) is 0 Å². The van der Waals surface area contributed by atoms with Crippen molar-refractivity contribution in [3.8, 4) is 0 Å². The monoisotopic (exact) mass is 247 g/mol. The minimum Gasteiger partial charge on any atom is -0.296 e. The molecule has 1 aliphatic rings. The summed E-state index contributed by atoms with van der Waals surface area (Å²) in [5, 5.41) is 2.35. The van der Waals surface area contributed by atoms with Crippen molar-refractivity contribution in [2.75, 3.05) is 0 Å². The first-order valence-electron chi connectivity index (χ1n) is 6.32. The molecule has 3 heteroatoms. The van der Waals surface area contributed by atoms with E-state index in [0.29, 0.717) is 18.8 Å². The van der Waals surface area contributed by atoms with Crippen molar-refractivity contribution in [2.24, 2.45) is 11.8 Å². The van der Waals surface area contributed by atoms with Crippen LogP contribution in [0.4, 0.5) is 0 Å². The molecule has 18 heavy (non-hydrogen) atoms. The molecule has 0 saturated carbocycles. The standard InChI is InChI=1S/C15H21NO2/c1-5-12(10(2)3)7-6-11(4)13-8-9-14(17)16-15(13)18/h5-7,10,13H,4,8-9H2,1-3H3,(H,16,17,18)/b7-6-,12-5+. The van der Waals surface area contributed by atoms with Crippen molar-refractivity contribution in [1.82, 2.24) is 5.32 Å². The molecule has 0 radical (unpaired) electrons. The van der Waals surface area contributed by atoms with Crippen molar-refractivity contribution in [2.45, 2.75) is 33.6 Å². The molecule has 1 heterocycles. The second-order valence-electron chi connectivity index (χ2n) is 4.86. The maximum absolute atomic E-state index is 11.7. The highest BCUT2D eigenvalue weighted by Gasteiger charge is 2.27. The summed E-state index contributed by atoms with van der Waals surface area (Å²) < 4.78 is 0. The van der Waals surface area contributed by atoms with Gasteiger partial charge in [-0.15, -0.1) is 0 Å². The highest BCUT2D eigenvalue weighted by molar-refractivity contribution is 6.00. The molecule has 0 aromatic rings. The highest BCUT2D eigenvalue weighted by atomic mass is 16.2. The van der Waals surface area contributed by atoms with Crippen LogP contribution in [0.5, 0.6) is 0 Å². The molecule has 0 spiro atoms. The topological polar surface area (TPSA) is 46.2 Å². The lowest BCUT2D eigenvalue weighted by atomic mass is 9.90. The first-order chi connectivity index (χ1) is 8.45. The fourth-order valence-corrected chi connectivity index (χ4v) is 1.99. The third-order valence-corrected chi connectivity index (χ3v) is 3.18. The molecule has 0 aliphatic carbocycles. The minimum atomic E-state index is -0.274. The van der Waals surface area contributed by atoms with Crippen LogP contribution in [0.2, 0.25) is 0 Å². The van der Waals surface area contributed by atoms with Crippen molar-refractivity contribution in [3.05, 3.63) is 36.0 Å². The molecule has 1 atom stereocenters. The van der Waals surface area contributed by atoms with Gasteiger partial charge in [0.05, 0.1) is 5.92 Å². The number of carbonyl (C=O) groups excluding carboxylic acids is 2. The van der Waals surface area contributed by atoms with Crippen LogP contribution in [0.15, 0.2) is 36.0 Å². The summed E-state index contributed by atoms with van der Waals surface area (Å²) in [6.07, 6.45) is 6.88. The molecular formula is C15H21NO2. The maximum Gasteiger partial charge on any atom is 0.234 e. The van der Waals surface area contributed by atoms with Gasteiger partial charge in [0, 0.05) is 6.42 Å². The number of nitrogens with one attached hydrogen (secondary N) is 1. The van der Waals surface area contributed by atoms with E-state index in [1.54, 1.807) is 0 Å². The number of piperidine rings is 1. The molecule has 98 valence electrons. The molecule has 3 nitrogen and oxygen atoms in total. The Balaban J connectivity index is 2.68. The largest absolute Gasteiger partial charge is 0.296 e. The Morgan fingerprint density at radius 1 is 1.39 bits per heavy atom. The second kappa shape index (κ2) is 6.34. The van der Waals surface area contributed by atoms with Gasteiger partial charge in [-0.25, -0.2) is 0 Å². The summed E-state index contributed by atoms with van der Waals surface area (Å²) in [6, 6.07) is 0. The Bertz CT molecular complexity index is 416. The number of imide groups is 1. The van der Waals surface area contributed by atoms with Crippen LogP contribution in [0.1, 0.15) is 33.6 Å². The lowest BCUT2D eigenvalue weighted by Gasteiger charge is -2.21. The van der Waals surface area contributed by atoms with Gasteiger partial charge in [0.25, 0.3) is 0 Å². The summed E-state index contributed by atoms with van der Waals surface area (Å²) in [4.78, 5) is 22.7. The summed E-state index contributed by atoms with van der Waals surface area (Å²) >= 11 is 0. The fourth-order valence-electron chi connectivity index (χ4n) is 1.99. The smallest absolute Gasteiger partial charge is 0.234 e. The molecule has 1 unspecified atom stereocenters. The van der Waals surface area contributed by atoms with Crippen LogP contribution in [0.3, 0.4) is 0 Å². The number of hydrogen-bond donors (Lipinski definition) is 1. The van der Waals surface area contributed by atoms with Gasteiger partial charge in [-0.2, -0.15) is 0 Å². The predicted molar refractivity (Wildman–Crippen MR) is 72.7 cm³/mol. The zero-order valence-corrected chi connectivity index (χ0v) is 11.3. The van der Waals surface area contributed by atoms with Crippen molar-refractivity contribution < 1.29 is 9.59 Å². The lowest BCUT2D eigenvalue weighted by Crippen LogP contribution is -2.41. The normalized spacial score (nSPS) is 21.6. The summed E-state index contributed by atoms with van der Waals surface area (Å²) in [6.45, 7) is 10.2. The molecule has 1 N–H and O–H groups in total.